The predicted octanol–water partition coefficient (Wildman–Crippen LogP) is 2.15. The van der Waals surface area contributed by atoms with Crippen LogP contribution in [0.15, 0.2) is 22.6 Å². The molecule has 0 aromatic carbocycles. The standard InChI is InChI=1S/C12H14NOSSe/c1-8-10(3)15-7-13(8)9(2)12(14)11-5-4-6-16-11/h4-7,9H,1-3H3/q+1. The monoisotopic (exact) mass is 300 g/mol. The van der Waals surface area contributed by atoms with Crippen LogP contribution in [-0.4, -0.2) is 20.3 Å². The summed E-state index contributed by atoms with van der Waals surface area (Å²) in [7, 11) is 0. The molecule has 1 unspecified atom stereocenters. The van der Waals surface area contributed by atoms with E-state index in [0.717, 1.165) is 4.44 Å². The molecule has 16 heavy (non-hydrogen) atoms. The molecule has 0 aliphatic rings. The fourth-order valence-corrected chi connectivity index (χ4v) is 4.07. The van der Waals surface area contributed by atoms with Gasteiger partial charge < -0.3 is 0 Å². The quantitative estimate of drug-likeness (QED) is 0.483. The van der Waals surface area contributed by atoms with E-state index in [1.54, 1.807) is 11.3 Å². The third-order valence-electron chi connectivity index (χ3n) is 2.80. The molecule has 0 bridgehead atoms. The summed E-state index contributed by atoms with van der Waals surface area (Å²) in [6.45, 7) is 6.15. The molecule has 0 amide bonds. The molecule has 0 fully saturated rings. The predicted molar refractivity (Wildman–Crippen MR) is 66.4 cm³/mol. The van der Waals surface area contributed by atoms with Crippen LogP contribution >= 0.6 is 11.3 Å². The summed E-state index contributed by atoms with van der Waals surface area (Å²) in [5, 5.41) is 0. The topological polar surface area (TPSA) is 20.9 Å². The van der Waals surface area contributed by atoms with E-state index in [4.69, 9.17) is 0 Å². The van der Waals surface area contributed by atoms with Crippen molar-refractivity contribution in [2.24, 2.45) is 0 Å². The Morgan fingerprint density at radius 2 is 2.25 bits per heavy atom. The number of carbonyl (C=O) groups is 1. The fraction of sp³-hybridized carbons (Fsp3) is 0.333. The van der Waals surface area contributed by atoms with Crippen molar-refractivity contribution in [1.29, 1.82) is 0 Å². The molecule has 2 aromatic heterocycles. The molecule has 0 spiro atoms. The van der Waals surface area contributed by atoms with Crippen LogP contribution < -0.4 is 4.57 Å². The van der Waals surface area contributed by atoms with E-state index in [0.29, 0.717) is 0 Å². The molecular weight excluding hydrogens is 285 g/mol. The maximum absolute atomic E-state index is 12.2. The zero-order valence-electron chi connectivity index (χ0n) is 9.56. The van der Waals surface area contributed by atoms with E-state index in [1.165, 1.54) is 10.6 Å². The summed E-state index contributed by atoms with van der Waals surface area (Å²) >= 11 is 1.94. The Hall–Kier alpha value is -0.701. The molecule has 0 aliphatic carbocycles. The van der Waals surface area contributed by atoms with E-state index in [9.17, 15) is 4.79 Å². The summed E-state index contributed by atoms with van der Waals surface area (Å²) in [5.74, 6) is 0.260. The maximum atomic E-state index is 12.2. The minimum atomic E-state index is -0.0713. The van der Waals surface area contributed by atoms with Gasteiger partial charge in [-0.05, 0) is 0 Å². The molecule has 84 valence electrons. The first-order valence-corrected chi connectivity index (χ1v) is 7.87. The summed E-state index contributed by atoms with van der Waals surface area (Å²) in [5.41, 5.74) is 3.24. The zero-order chi connectivity index (χ0) is 11.7. The molecule has 2 rings (SSSR count). The molecule has 0 saturated carbocycles. The fourth-order valence-electron chi connectivity index (χ4n) is 1.61. The first-order chi connectivity index (χ1) is 7.61. The van der Waals surface area contributed by atoms with Gasteiger partial charge in [-0.15, -0.1) is 0 Å². The summed E-state index contributed by atoms with van der Waals surface area (Å²) in [4.78, 5) is 15.6. The van der Waals surface area contributed by atoms with E-state index in [1.807, 2.05) is 24.6 Å². The van der Waals surface area contributed by atoms with Gasteiger partial charge in [0.2, 0.25) is 0 Å². The van der Waals surface area contributed by atoms with Crippen LogP contribution in [0.1, 0.15) is 32.8 Å². The van der Waals surface area contributed by atoms with Gasteiger partial charge in [0.05, 0.1) is 0 Å². The molecular formula is C12H14NOSSe+. The normalized spacial score (nSPS) is 12.7. The van der Waals surface area contributed by atoms with Crippen molar-refractivity contribution in [3.05, 3.63) is 37.6 Å². The summed E-state index contributed by atoms with van der Waals surface area (Å²) < 4.78 is 3.06. The van der Waals surface area contributed by atoms with Crippen molar-refractivity contribution in [2.75, 3.05) is 0 Å². The van der Waals surface area contributed by atoms with Crippen LogP contribution in [0.5, 0.6) is 0 Å². The molecule has 2 heterocycles. The number of ketones is 1. The van der Waals surface area contributed by atoms with Crippen molar-refractivity contribution in [3.8, 4) is 0 Å². The number of hydrogen-bond donors (Lipinski definition) is 0. The molecule has 2 nitrogen and oxygen atoms in total. The van der Waals surface area contributed by atoms with Gasteiger partial charge in [0.25, 0.3) is 0 Å². The van der Waals surface area contributed by atoms with Gasteiger partial charge in [-0.3, -0.25) is 0 Å². The Labute approximate surface area is 105 Å². The average Bonchev–Trinajstić information content (AvgIpc) is 2.89. The van der Waals surface area contributed by atoms with Gasteiger partial charge in [-0.2, -0.15) is 0 Å². The second kappa shape index (κ2) is 4.66. The van der Waals surface area contributed by atoms with Crippen molar-refractivity contribution < 1.29 is 9.36 Å². The molecule has 4 heteroatoms. The van der Waals surface area contributed by atoms with Gasteiger partial charge >= 0.3 is 105 Å². The van der Waals surface area contributed by atoms with E-state index in [2.05, 4.69) is 23.4 Å². The van der Waals surface area contributed by atoms with Crippen LogP contribution in [0.2, 0.25) is 0 Å². The number of thiazole rings is 1. The van der Waals surface area contributed by atoms with Gasteiger partial charge in [0.15, 0.2) is 0 Å². The Morgan fingerprint density at radius 3 is 2.75 bits per heavy atom. The molecule has 0 N–H and O–H groups in total. The van der Waals surface area contributed by atoms with Crippen LogP contribution in [-0.2, 0) is 0 Å². The van der Waals surface area contributed by atoms with Crippen molar-refractivity contribution >= 4 is 31.6 Å². The summed E-state index contributed by atoms with van der Waals surface area (Å²) in [6.07, 6.45) is 0. The molecule has 0 aliphatic heterocycles. The average molecular weight is 299 g/mol. The van der Waals surface area contributed by atoms with Crippen molar-refractivity contribution in [1.82, 2.24) is 0 Å². The number of rotatable bonds is 3. The Morgan fingerprint density at radius 1 is 1.50 bits per heavy atom. The number of nitrogens with zero attached hydrogens (tertiary/aromatic N) is 1. The van der Waals surface area contributed by atoms with E-state index in [-0.39, 0.29) is 26.3 Å². The van der Waals surface area contributed by atoms with Gasteiger partial charge in [-0.1, -0.05) is 0 Å². The van der Waals surface area contributed by atoms with Crippen molar-refractivity contribution in [2.45, 2.75) is 26.8 Å². The van der Waals surface area contributed by atoms with Crippen molar-refractivity contribution in [3.63, 3.8) is 0 Å². The van der Waals surface area contributed by atoms with Crippen LogP contribution in [0.4, 0.5) is 0 Å². The number of aromatic nitrogens is 1. The molecule has 2 aromatic rings. The van der Waals surface area contributed by atoms with Gasteiger partial charge in [0.1, 0.15) is 0 Å². The van der Waals surface area contributed by atoms with E-state index >= 15 is 0 Å². The third-order valence-corrected chi connectivity index (χ3v) is 5.64. The Balaban J connectivity index is 2.29. The Kier molecular flexibility index (Phi) is 3.43. The number of Topliss-reactive ketones (excluding diaryl/α,β-unsaturated/α-hetero) is 1. The first kappa shape index (κ1) is 11.8. The molecule has 1 atom stereocenters. The summed E-state index contributed by atoms with van der Waals surface area (Å²) in [6, 6.07) is 3.86. The Bertz CT molecular complexity index is 501. The zero-order valence-corrected chi connectivity index (χ0v) is 12.1. The number of aryl methyl sites for hydroxylation is 1. The SMILES string of the molecule is Cc1sc[n+](C(C)C(=O)c2ccc[se]2)c1C. The second-order valence-electron chi connectivity index (χ2n) is 3.79. The van der Waals surface area contributed by atoms with Gasteiger partial charge in [-0.25, -0.2) is 0 Å². The van der Waals surface area contributed by atoms with Gasteiger partial charge in [0, 0.05) is 0 Å². The third kappa shape index (κ3) is 2.05. The number of carbonyl (C=O) groups excluding carboxylic acids is 1. The van der Waals surface area contributed by atoms with Crippen LogP contribution in [0, 0.1) is 13.8 Å². The van der Waals surface area contributed by atoms with Crippen LogP contribution in [0.3, 0.4) is 0 Å². The molecule has 0 saturated heterocycles. The minimum absolute atomic E-state index is 0.0713. The first-order valence-electron chi connectivity index (χ1n) is 5.15. The second-order valence-corrected chi connectivity index (χ2v) is 6.84. The van der Waals surface area contributed by atoms with E-state index < -0.39 is 0 Å². The molecule has 0 radical (unpaired) electrons. The van der Waals surface area contributed by atoms with Crippen LogP contribution in [0.25, 0.3) is 0 Å². The number of hydrogen-bond acceptors (Lipinski definition) is 2.